The van der Waals surface area contributed by atoms with E-state index < -0.39 is 29.7 Å². The Balaban J connectivity index is 2.89. The van der Waals surface area contributed by atoms with Crippen LogP contribution in [-0.2, 0) is 20.7 Å². The van der Waals surface area contributed by atoms with Gasteiger partial charge in [-0.2, -0.15) is 0 Å². The molecule has 0 saturated heterocycles. The summed E-state index contributed by atoms with van der Waals surface area (Å²) in [4.78, 5) is 36.1. The van der Waals surface area contributed by atoms with Gasteiger partial charge in [-0.05, 0) is 32.3 Å². The monoisotopic (exact) mass is 362 g/mol. The SMILES string of the molecule is CCC(C)[C@@H](C=O)NC(=O)[C@H](Cc1ccccc1)NC(=O)OC(C)(C)C. The summed E-state index contributed by atoms with van der Waals surface area (Å²) < 4.78 is 5.26. The van der Waals surface area contributed by atoms with Crippen LogP contribution in [0.25, 0.3) is 0 Å². The number of hydrogen-bond acceptors (Lipinski definition) is 4. The minimum Gasteiger partial charge on any atom is -0.444 e. The summed E-state index contributed by atoms with van der Waals surface area (Å²) in [7, 11) is 0. The number of carbonyl (C=O) groups is 3. The van der Waals surface area contributed by atoms with Gasteiger partial charge < -0.3 is 20.2 Å². The molecule has 0 aromatic heterocycles. The van der Waals surface area contributed by atoms with Crippen molar-refractivity contribution in [3.63, 3.8) is 0 Å². The number of alkyl carbamates (subject to hydrolysis) is 1. The molecular formula is C20H30N2O4. The maximum absolute atomic E-state index is 12.7. The van der Waals surface area contributed by atoms with Crippen LogP contribution in [0.3, 0.4) is 0 Å². The van der Waals surface area contributed by atoms with Crippen molar-refractivity contribution < 1.29 is 19.1 Å². The Labute approximate surface area is 155 Å². The zero-order valence-corrected chi connectivity index (χ0v) is 16.2. The van der Waals surface area contributed by atoms with Crippen LogP contribution in [0.2, 0.25) is 0 Å². The second kappa shape index (κ2) is 9.94. The highest BCUT2D eigenvalue weighted by Crippen LogP contribution is 2.10. The van der Waals surface area contributed by atoms with Gasteiger partial charge in [0.2, 0.25) is 5.91 Å². The molecular weight excluding hydrogens is 332 g/mol. The van der Waals surface area contributed by atoms with Crippen molar-refractivity contribution >= 4 is 18.3 Å². The summed E-state index contributed by atoms with van der Waals surface area (Å²) in [6.07, 6.45) is 1.13. The quantitative estimate of drug-likeness (QED) is 0.697. The molecule has 0 saturated carbocycles. The summed E-state index contributed by atoms with van der Waals surface area (Å²) in [5.74, 6) is -0.396. The number of amides is 2. The predicted molar refractivity (Wildman–Crippen MR) is 101 cm³/mol. The minimum absolute atomic E-state index is 0.00959. The standard InChI is InChI=1S/C20H30N2O4/c1-6-14(2)17(13-23)21-18(24)16(12-15-10-8-7-9-11-15)22-19(25)26-20(3,4)5/h7-11,13-14,16-17H,6,12H2,1-5H3,(H,21,24)(H,22,25)/t14?,16-,17+/m0/s1. The van der Waals surface area contributed by atoms with Crippen molar-refractivity contribution in [3.8, 4) is 0 Å². The van der Waals surface area contributed by atoms with E-state index in [1.54, 1.807) is 20.8 Å². The number of hydrogen-bond donors (Lipinski definition) is 2. The second-order valence-electron chi connectivity index (χ2n) is 7.44. The Bertz CT molecular complexity index is 596. The Morgan fingerprint density at radius 2 is 1.77 bits per heavy atom. The molecule has 1 aromatic carbocycles. The van der Waals surface area contributed by atoms with Crippen molar-refractivity contribution in [2.75, 3.05) is 0 Å². The third-order valence-electron chi connectivity index (χ3n) is 4.00. The smallest absolute Gasteiger partial charge is 0.408 e. The molecule has 3 atom stereocenters. The molecule has 6 heteroatoms. The lowest BCUT2D eigenvalue weighted by atomic mass is 9.99. The molecule has 144 valence electrons. The first-order valence-corrected chi connectivity index (χ1v) is 8.95. The Morgan fingerprint density at radius 3 is 2.27 bits per heavy atom. The molecule has 0 aliphatic carbocycles. The van der Waals surface area contributed by atoms with Gasteiger partial charge in [-0.3, -0.25) is 4.79 Å². The minimum atomic E-state index is -0.834. The van der Waals surface area contributed by atoms with Gasteiger partial charge in [-0.25, -0.2) is 4.79 Å². The Kier molecular flexibility index (Phi) is 8.29. The number of nitrogens with one attached hydrogen (secondary N) is 2. The van der Waals surface area contributed by atoms with E-state index in [2.05, 4.69) is 10.6 Å². The maximum atomic E-state index is 12.7. The van der Waals surface area contributed by atoms with Gasteiger partial charge in [0, 0.05) is 6.42 Å². The molecule has 1 unspecified atom stereocenters. The lowest BCUT2D eigenvalue weighted by Crippen LogP contribution is -2.53. The zero-order chi connectivity index (χ0) is 19.7. The van der Waals surface area contributed by atoms with Gasteiger partial charge in [0.05, 0.1) is 6.04 Å². The first-order valence-electron chi connectivity index (χ1n) is 8.95. The lowest BCUT2D eigenvalue weighted by molar-refractivity contribution is -0.126. The molecule has 2 N–H and O–H groups in total. The summed E-state index contributed by atoms with van der Waals surface area (Å²) in [5.41, 5.74) is 0.231. The first kappa shape index (κ1) is 21.7. The third-order valence-corrected chi connectivity index (χ3v) is 4.00. The predicted octanol–water partition coefficient (Wildman–Crippen LogP) is 2.85. The topological polar surface area (TPSA) is 84.5 Å². The molecule has 26 heavy (non-hydrogen) atoms. The van der Waals surface area contributed by atoms with E-state index in [0.29, 0.717) is 6.42 Å². The maximum Gasteiger partial charge on any atom is 0.408 e. The van der Waals surface area contributed by atoms with Gasteiger partial charge in [0.25, 0.3) is 0 Å². The van der Waals surface area contributed by atoms with Crippen molar-refractivity contribution in [3.05, 3.63) is 35.9 Å². The highest BCUT2D eigenvalue weighted by molar-refractivity contribution is 5.87. The molecule has 2 amide bonds. The number of rotatable bonds is 8. The molecule has 0 radical (unpaired) electrons. The van der Waals surface area contributed by atoms with Crippen molar-refractivity contribution in [2.45, 2.75) is 65.1 Å². The number of aldehydes is 1. The van der Waals surface area contributed by atoms with Crippen LogP contribution in [0.15, 0.2) is 30.3 Å². The molecule has 1 aromatic rings. The molecule has 0 heterocycles. The van der Waals surface area contributed by atoms with Crippen LogP contribution in [0.1, 0.15) is 46.6 Å². The van der Waals surface area contributed by atoms with Gasteiger partial charge in [-0.15, -0.1) is 0 Å². The van der Waals surface area contributed by atoms with Crippen LogP contribution in [-0.4, -0.2) is 36.0 Å². The van der Waals surface area contributed by atoms with Crippen LogP contribution >= 0.6 is 0 Å². The molecule has 1 rings (SSSR count). The van der Waals surface area contributed by atoms with E-state index in [4.69, 9.17) is 4.74 Å². The fourth-order valence-corrected chi connectivity index (χ4v) is 2.34. The average Bonchev–Trinajstić information content (AvgIpc) is 2.57. The van der Waals surface area contributed by atoms with Gasteiger partial charge in [0.15, 0.2) is 0 Å². The van der Waals surface area contributed by atoms with E-state index in [1.807, 2.05) is 44.2 Å². The summed E-state index contributed by atoms with van der Waals surface area (Å²) in [5, 5.41) is 5.35. The normalized spacial score (nSPS) is 14.7. The van der Waals surface area contributed by atoms with E-state index in [0.717, 1.165) is 18.3 Å². The fraction of sp³-hybridized carbons (Fsp3) is 0.550. The number of ether oxygens (including phenoxy) is 1. The summed E-state index contributed by atoms with van der Waals surface area (Å²) in [6, 6.07) is 7.94. The lowest BCUT2D eigenvalue weighted by Gasteiger charge is -2.25. The third kappa shape index (κ3) is 7.68. The Hall–Kier alpha value is -2.37. The molecule has 0 bridgehead atoms. The van der Waals surface area contributed by atoms with Gasteiger partial charge in [0.1, 0.15) is 17.9 Å². The average molecular weight is 362 g/mol. The van der Waals surface area contributed by atoms with Gasteiger partial charge >= 0.3 is 6.09 Å². The van der Waals surface area contributed by atoms with Crippen LogP contribution in [0, 0.1) is 5.92 Å². The number of benzene rings is 1. The fourth-order valence-electron chi connectivity index (χ4n) is 2.34. The van der Waals surface area contributed by atoms with E-state index in [1.165, 1.54) is 0 Å². The summed E-state index contributed by atoms with van der Waals surface area (Å²) >= 11 is 0. The molecule has 0 fully saturated rings. The highest BCUT2D eigenvalue weighted by atomic mass is 16.6. The second-order valence-corrected chi connectivity index (χ2v) is 7.44. The van der Waals surface area contributed by atoms with E-state index >= 15 is 0 Å². The van der Waals surface area contributed by atoms with Crippen LogP contribution in [0.4, 0.5) is 4.79 Å². The van der Waals surface area contributed by atoms with E-state index in [9.17, 15) is 14.4 Å². The van der Waals surface area contributed by atoms with Crippen molar-refractivity contribution in [1.82, 2.24) is 10.6 Å². The van der Waals surface area contributed by atoms with Crippen LogP contribution in [0.5, 0.6) is 0 Å². The molecule has 6 nitrogen and oxygen atoms in total. The molecule has 0 spiro atoms. The van der Waals surface area contributed by atoms with Crippen molar-refractivity contribution in [2.24, 2.45) is 5.92 Å². The number of carbonyl (C=O) groups excluding carboxylic acids is 3. The first-order chi connectivity index (χ1) is 12.2. The summed E-state index contributed by atoms with van der Waals surface area (Å²) in [6.45, 7) is 9.11. The zero-order valence-electron chi connectivity index (χ0n) is 16.2. The molecule has 0 aliphatic heterocycles. The van der Waals surface area contributed by atoms with Crippen LogP contribution < -0.4 is 10.6 Å². The van der Waals surface area contributed by atoms with Gasteiger partial charge in [-0.1, -0.05) is 50.6 Å². The largest absolute Gasteiger partial charge is 0.444 e. The van der Waals surface area contributed by atoms with E-state index in [-0.39, 0.29) is 5.92 Å². The van der Waals surface area contributed by atoms with Crippen molar-refractivity contribution in [1.29, 1.82) is 0 Å². The molecule has 0 aliphatic rings. The highest BCUT2D eigenvalue weighted by Gasteiger charge is 2.27. The Morgan fingerprint density at radius 1 is 1.15 bits per heavy atom.